The van der Waals surface area contributed by atoms with Gasteiger partial charge >= 0.3 is 0 Å². The summed E-state index contributed by atoms with van der Waals surface area (Å²) in [5.41, 5.74) is 1.83. The number of sulfonamides is 1. The second kappa shape index (κ2) is 12.6. The van der Waals surface area contributed by atoms with Crippen molar-refractivity contribution >= 4 is 39.1 Å². The molecule has 10 heteroatoms. The van der Waals surface area contributed by atoms with Gasteiger partial charge in [0.05, 0.1) is 19.1 Å². The molecule has 1 saturated carbocycles. The van der Waals surface area contributed by atoms with Crippen molar-refractivity contribution in [3.63, 3.8) is 0 Å². The van der Waals surface area contributed by atoms with E-state index in [9.17, 15) is 18.0 Å². The fourth-order valence-electron chi connectivity index (χ4n) is 4.47. The van der Waals surface area contributed by atoms with Crippen molar-refractivity contribution in [1.82, 2.24) is 10.2 Å². The Kier molecular flexibility index (Phi) is 9.84. The zero-order chi connectivity index (χ0) is 27.2. The molecule has 1 aliphatic rings. The topological polar surface area (TPSA) is 96.0 Å². The zero-order valence-corrected chi connectivity index (χ0v) is 23.4. The average molecular weight is 550 g/mol. The molecule has 0 radical (unpaired) electrons. The van der Waals surface area contributed by atoms with Gasteiger partial charge < -0.3 is 15.0 Å². The number of rotatable bonds is 10. The first-order chi connectivity index (χ1) is 17.5. The van der Waals surface area contributed by atoms with Crippen LogP contribution in [0.1, 0.15) is 50.2 Å². The maximum absolute atomic E-state index is 13.7. The summed E-state index contributed by atoms with van der Waals surface area (Å²) in [6, 6.07) is 11.3. The lowest BCUT2D eigenvalue weighted by molar-refractivity contribution is -0.139. The van der Waals surface area contributed by atoms with Gasteiger partial charge in [0.15, 0.2) is 0 Å². The molecule has 0 aromatic heterocycles. The van der Waals surface area contributed by atoms with E-state index in [4.69, 9.17) is 16.3 Å². The van der Waals surface area contributed by atoms with Gasteiger partial charge in [-0.2, -0.15) is 0 Å². The van der Waals surface area contributed by atoms with Gasteiger partial charge in [0, 0.05) is 17.6 Å². The first kappa shape index (κ1) is 28.8. The maximum atomic E-state index is 13.7. The van der Waals surface area contributed by atoms with Gasteiger partial charge in [-0.1, -0.05) is 49.1 Å². The van der Waals surface area contributed by atoms with Gasteiger partial charge in [-0.3, -0.25) is 13.9 Å². The fraction of sp³-hybridized carbons (Fsp3) is 0.481. The van der Waals surface area contributed by atoms with Gasteiger partial charge in [0.1, 0.15) is 18.3 Å². The lowest BCUT2D eigenvalue weighted by Gasteiger charge is -2.33. The molecule has 0 unspecified atom stereocenters. The molecule has 0 aliphatic heterocycles. The number of methoxy groups -OCH3 is 1. The van der Waals surface area contributed by atoms with Crippen molar-refractivity contribution in [2.24, 2.45) is 0 Å². The highest BCUT2D eigenvalue weighted by molar-refractivity contribution is 7.92. The number of ether oxygens (including phenoxy) is 1. The Morgan fingerprint density at radius 2 is 1.84 bits per heavy atom. The van der Waals surface area contributed by atoms with E-state index in [2.05, 4.69) is 5.32 Å². The minimum absolute atomic E-state index is 0.0830. The Balaban J connectivity index is 1.89. The van der Waals surface area contributed by atoms with Gasteiger partial charge in [-0.05, 0) is 62.1 Å². The van der Waals surface area contributed by atoms with E-state index in [1.54, 1.807) is 44.4 Å². The minimum Gasteiger partial charge on any atom is -0.497 e. The number of nitrogens with zero attached hydrogens (tertiary/aromatic N) is 2. The number of anilines is 1. The first-order valence-electron chi connectivity index (χ1n) is 12.5. The Morgan fingerprint density at radius 1 is 1.14 bits per heavy atom. The maximum Gasteiger partial charge on any atom is 0.244 e. The van der Waals surface area contributed by atoms with Crippen LogP contribution in [-0.4, -0.2) is 57.1 Å². The summed E-state index contributed by atoms with van der Waals surface area (Å²) >= 11 is 6.25. The minimum atomic E-state index is -3.82. The van der Waals surface area contributed by atoms with Crippen LogP contribution in [0.4, 0.5) is 5.69 Å². The molecular weight excluding hydrogens is 514 g/mol. The van der Waals surface area contributed by atoms with Crippen LogP contribution in [0.15, 0.2) is 42.5 Å². The molecule has 2 amide bonds. The second-order valence-corrected chi connectivity index (χ2v) is 11.9. The molecule has 0 heterocycles. The predicted octanol–water partition coefficient (Wildman–Crippen LogP) is 4.29. The number of aryl methyl sites for hydroxylation is 1. The van der Waals surface area contributed by atoms with E-state index in [-0.39, 0.29) is 24.2 Å². The number of nitrogens with one attached hydrogen (secondary N) is 1. The monoisotopic (exact) mass is 549 g/mol. The van der Waals surface area contributed by atoms with E-state index in [0.717, 1.165) is 53.8 Å². The molecule has 1 N–H and O–H groups in total. The molecule has 0 spiro atoms. The van der Waals surface area contributed by atoms with Crippen molar-refractivity contribution in [1.29, 1.82) is 0 Å². The molecule has 0 bridgehead atoms. The summed E-state index contributed by atoms with van der Waals surface area (Å²) in [5, 5.41) is 3.48. The van der Waals surface area contributed by atoms with Gasteiger partial charge in [0.2, 0.25) is 21.8 Å². The summed E-state index contributed by atoms with van der Waals surface area (Å²) < 4.78 is 31.8. The Bertz CT molecular complexity index is 1210. The second-order valence-electron chi connectivity index (χ2n) is 9.60. The third-order valence-corrected chi connectivity index (χ3v) is 8.28. The van der Waals surface area contributed by atoms with Crippen LogP contribution in [0.5, 0.6) is 5.75 Å². The molecular formula is C27H36ClN3O5S. The van der Waals surface area contributed by atoms with Crippen LogP contribution in [0.3, 0.4) is 0 Å². The quantitative estimate of drug-likeness (QED) is 0.477. The molecule has 3 rings (SSSR count). The number of carbonyl (C=O) groups excluding carboxylic acids is 2. The highest BCUT2D eigenvalue weighted by atomic mass is 35.5. The predicted molar refractivity (Wildman–Crippen MR) is 146 cm³/mol. The van der Waals surface area contributed by atoms with Crippen molar-refractivity contribution in [3.8, 4) is 5.75 Å². The zero-order valence-electron chi connectivity index (χ0n) is 21.9. The summed E-state index contributed by atoms with van der Waals surface area (Å²) in [4.78, 5) is 28.3. The highest BCUT2D eigenvalue weighted by Crippen LogP contribution is 2.26. The number of hydrogen-bond donors (Lipinski definition) is 1. The van der Waals surface area contributed by atoms with Crippen LogP contribution in [0.25, 0.3) is 0 Å². The lowest BCUT2D eigenvalue weighted by atomic mass is 9.95. The number of carbonyl (C=O) groups is 2. The van der Waals surface area contributed by atoms with Crippen LogP contribution in [0, 0.1) is 6.92 Å². The smallest absolute Gasteiger partial charge is 0.244 e. The van der Waals surface area contributed by atoms with Crippen LogP contribution >= 0.6 is 11.6 Å². The summed E-state index contributed by atoms with van der Waals surface area (Å²) in [5.74, 6) is -0.139. The Hall–Kier alpha value is -2.78. The summed E-state index contributed by atoms with van der Waals surface area (Å²) in [7, 11) is -2.27. The molecule has 1 fully saturated rings. The first-order valence-corrected chi connectivity index (χ1v) is 14.7. The van der Waals surface area contributed by atoms with E-state index >= 15 is 0 Å². The number of hydrogen-bond acceptors (Lipinski definition) is 5. The molecule has 8 nitrogen and oxygen atoms in total. The van der Waals surface area contributed by atoms with E-state index in [1.165, 1.54) is 11.0 Å². The van der Waals surface area contributed by atoms with Crippen molar-refractivity contribution < 1.29 is 22.7 Å². The SMILES string of the molecule is COc1cccc(CN(C(=O)CN(c2ccc(C)c(Cl)c2)S(C)(=O)=O)[C@@H](C)C(=O)NC2CCCCC2)c1. The highest BCUT2D eigenvalue weighted by Gasteiger charge is 2.31. The average Bonchev–Trinajstić information content (AvgIpc) is 2.87. The third kappa shape index (κ3) is 7.85. The largest absolute Gasteiger partial charge is 0.497 e. The van der Waals surface area contributed by atoms with Crippen molar-refractivity contribution in [2.75, 3.05) is 24.2 Å². The van der Waals surface area contributed by atoms with Gasteiger partial charge in [-0.15, -0.1) is 0 Å². The van der Waals surface area contributed by atoms with E-state index in [0.29, 0.717) is 10.8 Å². The molecule has 202 valence electrons. The third-order valence-electron chi connectivity index (χ3n) is 6.73. The fourth-order valence-corrected chi connectivity index (χ4v) is 5.49. The lowest BCUT2D eigenvalue weighted by Crippen LogP contribution is -2.52. The van der Waals surface area contributed by atoms with E-state index < -0.39 is 28.5 Å². The van der Waals surface area contributed by atoms with Crippen LogP contribution in [-0.2, 0) is 26.2 Å². The molecule has 37 heavy (non-hydrogen) atoms. The van der Waals surface area contributed by atoms with Gasteiger partial charge in [0.25, 0.3) is 0 Å². The number of benzene rings is 2. The van der Waals surface area contributed by atoms with Crippen molar-refractivity contribution in [3.05, 3.63) is 58.6 Å². The standard InChI is InChI=1S/C27H36ClN3O5S/c1-19-13-14-23(16-25(19)28)31(37(4,34)35)18-26(32)30(17-21-9-8-12-24(15-21)36-3)20(2)27(33)29-22-10-6-5-7-11-22/h8-9,12-16,20,22H,5-7,10-11,17-18H2,1-4H3,(H,29,33)/t20-/m0/s1. The number of amides is 2. The Labute approximate surface area is 225 Å². The Morgan fingerprint density at radius 3 is 2.46 bits per heavy atom. The summed E-state index contributed by atoms with van der Waals surface area (Å²) in [6.45, 7) is 3.12. The van der Waals surface area contributed by atoms with E-state index in [1.807, 2.05) is 13.0 Å². The van der Waals surface area contributed by atoms with Gasteiger partial charge in [-0.25, -0.2) is 8.42 Å². The molecule has 2 aromatic rings. The van der Waals surface area contributed by atoms with Crippen molar-refractivity contribution in [2.45, 2.75) is 64.6 Å². The molecule has 1 atom stereocenters. The normalized spacial score (nSPS) is 15.1. The molecule has 1 aliphatic carbocycles. The van der Waals surface area contributed by atoms with Crippen LogP contribution < -0.4 is 14.4 Å². The number of halogens is 1. The van der Waals surface area contributed by atoms with Crippen LogP contribution in [0.2, 0.25) is 5.02 Å². The molecule has 0 saturated heterocycles. The molecule has 2 aromatic carbocycles. The summed E-state index contributed by atoms with van der Waals surface area (Å²) in [6.07, 6.45) is 6.16.